The normalized spacial score (nSPS) is 21.6. The van der Waals surface area contributed by atoms with E-state index >= 15 is 0 Å². The van der Waals surface area contributed by atoms with E-state index in [9.17, 15) is 4.79 Å². The number of amidine groups is 1. The maximum absolute atomic E-state index is 13.2. The van der Waals surface area contributed by atoms with Crippen molar-refractivity contribution in [2.75, 3.05) is 0 Å². The maximum atomic E-state index is 13.2. The molecule has 0 atom stereocenters. The third kappa shape index (κ3) is 3.82. The smallest absolute Gasteiger partial charge is 0.267 e. The molecule has 3 heterocycles. The van der Waals surface area contributed by atoms with E-state index in [4.69, 9.17) is 16.6 Å². The molecular formula is C20H21ClN4OS. The van der Waals surface area contributed by atoms with Crippen molar-refractivity contribution in [2.45, 2.75) is 38.1 Å². The molecule has 2 fully saturated rings. The Labute approximate surface area is 168 Å². The number of halogens is 1. The van der Waals surface area contributed by atoms with E-state index in [1.165, 1.54) is 18.2 Å². The Balaban J connectivity index is 1.73. The van der Waals surface area contributed by atoms with Crippen LogP contribution in [0.2, 0.25) is 5.02 Å². The van der Waals surface area contributed by atoms with Crippen LogP contribution in [0.15, 0.2) is 46.7 Å². The van der Waals surface area contributed by atoms with Crippen molar-refractivity contribution in [3.05, 3.63) is 52.4 Å². The summed E-state index contributed by atoms with van der Waals surface area (Å²) in [4.78, 5) is 24.6. The molecule has 0 aromatic carbocycles. The molecule has 0 radical (unpaired) electrons. The molecule has 1 aliphatic heterocycles. The van der Waals surface area contributed by atoms with Crippen molar-refractivity contribution < 1.29 is 4.79 Å². The number of aryl methyl sites for hydroxylation is 1. The van der Waals surface area contributed by atoms with Gasteiger partial charge in [-0.2, -0.15) is 0 Å². The van der Waals surface area contributed by atoms with Gasteiger partial charge in [0.05, 0.1) is 15.6 Å². The van der Waals surface area contributed by atoms with E-state index in [-0.39, 0.29) is 11.9 Å². The average molecular weight is 401 g/mol. The fourth-order valence-electron chi connectivity index (χ4n) is 3.55. The SMILES string of the molecule is Cn1cccc1/C=C1/SC(=Nc2ccncc2Cl)N(C2CCCCC2)C1=O. The molecule has 2 aromatic rings. The van der Waals surface area contributed by atoms with Gasteiger partial charge in [-0.15, -0.1) is 0 Å². The lowest BCUT2D eigenvalue weighted by atomic mass is 9.94. The predicted molar refractivity (Wildman–Crippen MR) is 111 cm³/mol. The number of nitrogens with zero attached hydrogens (tertiary/aromatic N) is 4. The summed E-state index contributed by atoms with van der Waals surface area (Å²) in [6.45, 7) is 0. The van der Waals surface area contributed by atoms with E-state index in [0.717, 1.165) is 31.4 Å². The van der Waals surface area contributed by atoms with Crippen molar-refractivity contribution >= 4 is 46.2 Å². The minimum absolute atomic E-state index is 0.0389. The van der Waals surface area contributed by atoms with Crippen LogP contribution < -0.4 is 0 Å². The fraction of sp³-hybridized carbons (Fsp3) is 0.350. The topological polar surface area (TPSA) is 50.5 Å². The second kappa shape index (κ2) is 7.90. The van der Waals surface area contributed by atoms with Gasteiger partial charge in [-0.25, -0.2) is 4.99 Å². The van der Waals surface area contributed by atoms with E-state index < -0.39 is 0 Å². The second-order valence-corrected chi connectivity index (χ2v) is 8.26. The number of pyridine rings is 1. The van der Waals surface area contributed by atoms with Gasteiger partial charge in [0, 0.05) is 37.4 Å². The van der Waals surface area contributed by atoms with E-state index in [1.54, 1.807) is 18.5 Å². The van der Waals surface area contributed by atoms with E-state index in [2.05, 4.69) is 4.98 Å². The molecule has 1 aliphatic carbocycles. The highest BCUT2D eigenvalue weighted by Gasteiger charge is 2.38. The summed E-state index contributed by atoms with van der Waals surface area (Å²) in [5, 5.41) is 1.20. The summed E-state index contributed by atoms with van der Waals surface area (Å²) in [5.74, 6) is 0.0389. The zero-order chi connectivity index (χ0) is 18.8. The molecule has 4 rings (SSSR count). The number of hydrogen-bond acceptors (Lipinski definition) is 4. The molecule has 140 valence electrons. The molecule has 2 aromatic heterocycles. The number of aromatic nitrogens is 2. The molecular weight excluding hydrogens is 380 g/mol. The summed E-state index contributed by atoms with van der Waals surface area (Å²) in [5.41, 5.74) is 1.64. The quantitative estimate of drug-likeness (QED) is 0.680. The van der Waals surface area contributed by atoms with Crippen LogP contribution in [0.3, 0.4) is 0 Å². The van der Waals surface area contributed by atoms with E-state index in [1.807, 2.05) is 40.9 Å². The summed E-state index contributed by atoms with van der Waals surface area (Å²) in [7, 11) is 1.97. The largest absolute Gasteiger partial charge is 0.351 e. The Bertz CT molecular complexity index is 914. The Morgan fingerprint density at radius 2 is 2.11 bits per heavy atom. The molecule has 1 saturated heterocycles. The summed E-state index contributed by atoms with van der Waals surface area (Å²) in [6, 6.07) is 5.96. The van der Waals surface area contributed by atoms with Crippen molar-refractivity contribution in [3.63, 3.8) is 0 Å². The molecule has 0 spiro atoms. The van der Waals surface area contributed by atoms with Crippen LogP contribution in [0.1, 0.15) is 37.8 Å². The van der Waals surface area contributed by atoms with Crippen LogP contribution >= 0.6 is 23.4 Å². The lowest BCUT2D eigenvalue weighted by Crippen LogP contribution is -2.40. The monoisotopic (exact) mass is 400 g/mol. The molecule has 1 amide bonds. The second-order valence-electron chi connectivity index (χ2n) is 6.84. The molecule has 1 saturated carbocycles. The van der Waals surface area contributed by atoms with Crippen LogP contribution in [-0.4, -0.2) is 31.6 Å². The minimum Gasteiger partial charge on any atom is -0.351 e. The van der Waals surface area contributed by atoms with Crippen molar-refractivity contribution in [1.82, 2.24) is 14.5 Å². The number of thioether (sulfide) groups is 1. The highest BCUT2D eigenvalue weighted by Crippen LogP contribution is 2.39. The van der Waals surface area contributed by atoms with Gasteiger partial charge in [0.15, 0.2) is 5.17 Å². The van der Waals surface area contributed by atoms with Crippen LogP contribution in [0.5, 0.6) is 0 Å². The van der Waals surface area contributed by atoms with Gasteiger partial charge >= 0.3 is 0 Å². The van der Waals surface area contributed by atoms with Crippen molar-refractivity contribution in [1.29, 1.82) is 0 Å². The van der Waals surface area contributed by atoms with Crippen molar-refractivity contribution in [2.24, 2.45) is 12.0 Å². The molecule has 27 heavy (non-hydrogen) atoms. The number of amides is 1. The molecule has 0 unspecified atom stereocenters. The molecule has 7 heteroatoms. The third-order valence-electron chi connectivity index (χ3n) is 5.01. The van der Waals surface area contributed by atoms with Crippen LogP contribution in [0, 0.1) is 0 Å². The summed E-state index contributed by atoms with van der Waals surface area (Å²) < 4.78 is 2.00. The minimum atomic E-state index is 0.0389. The average Bonchev–Trinajstić information content (AvgIpc) is 3.21. The molecule has 0 bridgehead atoms. The lowest BCUT2D eigenvalue weighted by molar-refractivity contribution is -0.124. The van der Waals surface area contributed by atoms with Gasteiger partial charge in [-0.3, -0.25) is 14.7 Å². The third-order valence-corrected chi connectivity index (χ3v) is 6.28. The predicted octanol–water partition coefficient (Wildman–Crippen LogP) is 5.01. The highest BCUT2D eigenvalue weighted by molar-refractivity contribution is 8.18. The highest BCUT2D eigenvalue weighted by atomic mass is 35.5. The van der Waals surface area contributed by atoms with Gasteiger partial charge in [0.25, 0.3) is 5.91 Å². The standard InChI is InChI=1S/C20H21ClN4OS/c1-24-11-5-8-15(24)12-18-19(26)25(14-6-3-2-4-7-14)20(27-18)23-17-9-10-22-13-16(17)21/h5,8-14H,2-4,6-7H2,1H3/b18-12+,23-20?. The Kier molecular flexibility index (Phi) is 5.36. The maximum Gasteiger partial charge on any atom is 0.267 e. The van der Waals surface area contributed by atoms with Gasteiger partial charge in [0.1, 0.15) is 0 Å². The zero-order valence-corrected chi connectivity index (χ0v) is 16.7. The zero-order valence-electron chi connectivity index (χ0n) is 15.1. The number of carbonyl (C=O) groups excluding carboxylic acids is 1. The number of rotatable bonds is 3. The van der Waals surface area contributed by atoms with Crippen LogP contribution in [0.4, 0.5) is 5.69 Å². The van der Waals surface area contributed by atoms with Gasteiger partial charge in [-0.1, -0.05) is 30.9 Å². The Morgan fingerprint density at radius 1 is 1.30 bits per heavy atom. The number of carbonyl (C=O) groups is 1. The Morgan fingerprint density at radius 3 is 2.81 bits per heavy atom. The van der Waals surface area contributed by atoms with Crippen LogP contribution in [0.25, 0.3) is 6.08 Å². The summed E-state index contributed by atoms with van der Waals surface area (Å²) in [6.07, 6.45) is 12.7. The first-order valence-corrected chi connectivity index (χ1v) is 10.4. The van der Waals surface area contributed by atoms with E-state index in [0.29, 0.717) is 20.8 Å². The molecule has 2 aliphatic rings. The first kappa shape index (κ1) is 18.3. The molecule has 0 N–H and O–H groups in total. The Hall–Kier alpha value is -2.05. The fourth-order valence-corrected chi connectivity index (χ4v) is 4.74. The molecule has 5 nitrogen and oxygen atoms in total. The van der Waals surface area contributed by atoms with Crippen LogP contribution in [-0.2, 0) is 11.8 Å². The lowest BCUT2D eigenvalue weighted by Gasteiger charge is -2.30. The first-order chi connectivity index (χ1) is 13.1. The van der Waals surface area contributed by atoms with Crippen molar-refractivity contribution in [3.8, 4) is 0 Å². The first-order valence-electron chi connectivity index (χ1n) is 9.16. The van der Waals surface area contributed by atoms with Gasteiger partial charge in [-0.05, 0) is 48.9 Å². The number of aliphatic imine (C=N–C) groups is 1. The van der Waals surface area contributed by atoms with Gasteiger partial charge < -0.3 is 4.57 Å². The summed E-state index contributed by atoms with van der Waals surface area (Å²) >= 11 is 7.67. The van der Waals surface area contributed by atoms with Gasteiger partial charge in [0.2, 0.25) is 0 Å². The number of hydrogen-bond donors (Lipinski definition) is 0.